The van der Waals surface area contributed by atoms with Crippen LogP contribution in [-0.4, -0.2) is 17.4 Å². The number of fused-ring (bicyclic) bond motifs is 1. The summed E-state index contributed by atoms with van der Waals surface area (Å²) in [5.74, 6) is -0.570. The number of rotatable bonds is 3. The lowest BCUT2D eigenvalue weighted by Crippen LogP contribution is -2.58. The monoisotopic (exact) mass is 330 g/mol. The molecule has 2 aromatic rings. The molecule has 0 aliphatic carbocycles. The summed E-state index contributed by atoms with van der Waals surface area (Å²) in [6.45, 7) is 1.66. The summed E-state index contributed by atoms with van der Waals surface area (Å²) in [5, 5.41) is 5.95. The van der Waals surface area contributed by atoms with E-state index in [0.29, 0.717) is 16.5 Å². The minimum atomic E-state index is -1.63. The summed E-state index contributed by atoms with van der Waals surface area (Å²) in [7, 11) is 0. The van der Waals surface area contributed by atoms with Gasteiger partial charge in [0.1, 0.15) is 5.75 Å². The van der Waals surface area contributed by atoms with Crippen molar-refractivity contribution in [3.8, 4) is 5.75 Å². The molecule has 0 saturated carbocycles. The Kier molecular flexibility index (Phi) is 3.96. The Morgan fingerprint density at radius 2 is 1.91 bits per heavy atom. The van der Waals surface area contributed by atoms with Crippen LogP contribution in [0.1, 0.15) is 12.5 Å². The number of anilines is 1. The van der Waals surface area contributed by atoms with Crippen LogP contribution in [0, 0.1) is 0 Å². The molecule has 1 unspecified atom stereocenters. The largest absolute Gasteiger partial charge is 0.466 e. The Bertz CT molecular complexity index is 778. The second-order valence-corrected chi connectivity index (χ2v) is 5.77. The van der Waals surface area contributed by atoms with Gasteiger partial charge in [-0.2, -0.15) is 0 Å². The first-order valence-electron chi connectivity index (χ1n) is 7.12. The second kappa shape index (κ2) is 5.93. The highest BCUT2D eigenvalue weighted by atomic mass is 35.5. The number of halogens is 1. The van der Waals surface area contributed by atoms with E-state index in [9.17, 15) is 9.59 Å². The van der Waals surface area contributed by atoms with Crippen molar-refractivity contribution in [2.75, 3.05) is 5.32 Å². The van der Waals surface area contributed by atoms with Crippen molar-refractivity contribution in [2.45, 2.75) is 19.1 Å². The van der Waals surface area contributed by atoms with Gasteiger partial charge in [0.25, 0.3) is 17.4 Å². The van der Waals surface area contributed by atoms with Crippen LogP contribution in [-0.2, 0) is 16.1 Å². The van der Waals surface area contributed by atoms with Crippen molar-refractivity contribution >= 4 is 29.1 Å². The first kappa shape index (κ1) is 15.4. The van der Waals surface area contributed by atoms with E-state index in [1.54, 1.807) is 30.3 Å². The summed E-state index contributed by atoms with van der Waals surface area (Å²) in [4.78, 5) is 24.8. The first-order valence-corrected chi connectivity index (χ1v) is 7.50. The summed E-state index contributed by atoms with van der Waals surface area (Å²) >= 11 is 6.06. The van der Waals surface area contributed by atoms with E-state index in [0.717, 1.165) is 5.56 Å². The van der Waals surface area contributed by atoms with Gasteiger partial charge in [-0.05, 0) is 30.7 Å². The van der Waals surface area contributed by atoms with Gasteiger partial charge in [-0.25, -0.2) is 0 Å². The van der Waals surface area contributed by atoms with Gasteiger partial charge < -0.3 is 15.4 Å². The van der Waals surface area contributed by atoms with E-state index in [1.807, 2.05) is 18.2 Å². The summed E-state index contributed by atoms with van der Waals surface area (Å²) in [5.41, 5.74) is -0.313. The molecule has 6 heteroatoms. The van der Waals surface area contributed by atoms with Gasteiger partial charge in [0.15, 0.2) is 0 Å². The molecule has 1 atom stereocenters. The number of amides is 2. The Hall–Kier alpha value is -2.53. The molecule has 2 N–H and O–H groups in total. The van der Waals surface area contributed by atoms with E-state index in [1.165, 1.54) is 6.92 Å². The van der Waals surface area contributed by atoms with Crippen molar-refractivity contribution < 1.29 is 14.3 Å². The van der Waals surface area contributed by atoms with Gasteiger partial charge in [0.2, 0.25) is 0 Å². The molecule has 0 spiro atoms. The summed E-state index contributed by atoms with van der Waals surface area (Å²) < 4.78 is 5.66. The number of ether oxygens (including phenoxy) is 1. The summed E-state index contributed by atoms with van der Waals surface area (Å²) in [6.07, 6.45) is 0. The van der Waals surface area contributed by atoms with Crippen molar-refractivity contribution in [3.05, 3.63) is 59.1 Å². The van der Waals surface area contributed by atoms with Crippen LogP contribution in [0.3, 0.4) is 0 Å². The quantitative estimate of drug-likeness (QED) is 0.850. The molecule has 1 aliphatic rings. The normalized spacial score (nSPS) is 19.3. The van der Waals surface area contributed by atoms with E-state index >= 15 is 0 Å². The number of benzene rings is 2. The molecule has 0 aromatic heterocycles. The van der Waals surface area contributed by atoms with Gasteiger partial charge in [-0.15, -0.1) is 0 Å². The third-order valence-electron chi connectivity index (χ3n) is 3.71. The molecule has 0 radical (unpaired) electrons. The molecule has 118 valence electrons. The van der Waals surface area contributed by atoms with Crippen LogP contribution in [0.5, 0.6) is 5.75 Å². The van der Waals surface area contributed by atoms with Crippen LogP contribution >= 0.6 is 11.6 Å². The second-order valence-electron chi connectivity index (χ2n) is 5.36. The zero-order chi connectivity index (χ0) is 16.4. The smallest absolute Gasteiger partial charge is 0.278 e. The standard InChI is InChI=1S/C17H15ClN2O3/c1-17(15(21)19-10-11-6-2-3-7-12(11)18)16(22)20-13-8-4-5-9-14(13)23-17/h2-9H,10H2,1H3,(H,19,21)(H,20,22). The minimum Gasteiger partial charge on any atom is -0.466 e. The predicted molar refractivity (Wildman–Crippen MR) is 87.4 cm³/mol. The molecule has 2 amide bonds. The summed E-state index contributed by atoms with van der Waals surface area (Å²) in [6, 6.07) is 14.2. The topological polar surface area (TPSA) is 67.4 Å². The van der Waals surface area contributed by atoms with Crippen LogP contribution in [0.15, 0.2) is 48.5 Å². The average Bonchev–Trinajstić information content (AvgIpc) is 2.55. The number of hydrogen-bond acceptors (Lipinski definition) is 3. The van der Waals surface area contributed by atoms with Gasteiger partial charge >= 0.3 is 0 Å². The molecule has 2 aromatic carbocycles. The molecule has 0 saturated heterocycles. The highest BCUT2D eigenvalue weighted by Gasteiger charge is 2.47. The van der Waals surface area contributed by atoms with E-state index in [2.05, 4.69) is 10.6 Å². The third-order valence-corrected chi connectivity index (χ3v) is 4.08. The fraction of sp³-hybridized carbons (Fsp3) is 0.176. The number of carbonyl (C=O) groups excluding carboxylic acids is 2. The number of para-hydroxylation sites is 2. The third kappa shape index (κ3) is 2.87. The van der Waals surface area contributed by atoms with Crippen LogP contribution in [0.2, 0.25) is 5.02 Å². The molecule has 23 heavy (non-hydrogen) atoms. The highest BCUT2D eigenvalue weighted by molar-refractivity contribution is 6.31. The average molecular weight is 331 g/mol. The van der Waals surface area contributed by atoms with Crippen LogP contribution < -0.4 is 15.4 Å². The Balaban J connectivity index is 1.76. The maximum absolute atomic E-state index is 12.5. The van der Waals surface area contributed by atoms with Gasteiger partial charge in [0.05, 0.1) is 5.69 Å². The van der Waals surface area contributed by atoms with Crippen molar-refractivity contribution in [3.63, 3.8) is 0 Å². The predicted octanol–water partition coefficient (Wildman–Crippen LogP) is 2.75. The molecule has 5 nitrogen and oxygen atoms in total. The maximum Gasteiger partial charge on any atom is 0.278 e. The van der Waals surface area contributed by atoms with Crippen molar-refractivity contribution in [1.29, 1.82) is 0 Å². The van der Waals surface area contributed by atoms with Gasteiger partial charge in [-0.1, -0.05) is 41.9 Å². The Labute approximate surface area is 138 Å². The fourth-order valence-corrected chi connectivity index (χ4v) is 2.50. The molecule has 1 aliphatic heterocycles. The van der Waals surface area contributed by atoms with Crippen molar-refractivity contribution in [2.24, 2.45) is 0 Å². The number of nitrogens with one attached hydrogen (secondary N) is 2. The van der Waals surface area contributed by atoms with Gasteiger partial charge in [0, 0.05) is 11.6 Å². The molecule has 0 fully saturated rings. The fourth-order valence-electron chi connectivity index (χ4n) is 2.30. The lowest BCUT2D eigenvalue weighted by Gasteiger charge is -2.33. The van der Waals surface area contributed by atoms with E-state index < -0.39 is 17.4 Å². The molecule has 3 rings (SSSR count). The lowest BCUT2D eigenvalue weighted by molar-refractivity contribution is -0.146. The van der Waals surface area contributed by atoms with Crippen molar-refractivity contribution in [1.82, 2.24) is 5.32 Å². The van der Waals surface area contributed by atoms with Crippen LogP contribution in [0.25, 0.3) is 0 Å². The Morgan fingerprint density at radius 1 is 1.22 bits per heavy atom. The molecular weight excluding hydrogens is 316 g/mol. The zero-order valence-electron chi connectivity index (χ0n) is 12.4. The van der Waals surface area contributed by atoms with E-state index in [4.69, 9.17) is 16.3 Å². The highest BCUT2D eigenvalue weighted by Crippen LogP contribution is 2.33. The lowest BCUT2D eigenvalue weighted by atomic mass is 10.0. The minimum absolute atomic E-state index is 0.215. The Morgan fingerprint density at radius 3 is 2.70 bits per heavy atom. The maximum atomic E-state index is 12.5. The van der Waals surface area contributed by atoms with Gasteiger partial charge in [-0.3, -0.25) is 9.59 Å². The molecule has 1 heterocycles. The molecular formula is C17H15ClN2O3. The number of hydrogen-bond donors (Lipinski definition) is 2. The SMILES string of the molecule is CC1(C(=O)NCc2ccccc2Cl)Oc2ccccc2NC1=O. The zero-order valence-corrected chi connectivity index (χ0v) is 13.2. The molecule has 0 bridgehead atoms. The van der Waals surface area contributed by atoms with E-state index in [-0.39, 0.29) is 6.54 Å². The van der Waals surface area contributed by atoms with Crippen LogP contribution in [0.4, 0.5) is 5.69 Å². The first-order chi connectivity index (χ1) is 11.0. The number of carbonyl (C=O) groups is 2.